The second kappa shape index (κ2) is 4.16. The zero-order valence-corrected chi connectivity index (χ0v) is 8.66. The van der Waals surface area contributed by atoms with E-state index >= 15 is 0 Å². The van der Waals surface area contributed by atoms with Gasteiger partial charge in [0.05, 0.1) is 10.0 Å². The molecule has 0 fully saturated rings. The Morgan fingerprint density at radius 1 is 1.14 bits per heavy atom. The molecule has 0 nitrogen and oxygen atoms in total. The number of rotatable bonds is 1. The Labute approximate surface area is 91.2 Å². The van der Waals surface area contributed by atoms with Crippen LogP contribution in [0.5, 0.6) is 0 Å². The van der Waals surface area contributed by atoms with Gasteiger partial charge in [-0.05, 0) is 23.9 Å². The summed E-state index contributed by atoms with van der Waals surface area (Å²) in [4.78, 5) is -0.441. The van der Waals surface area contributed by atoms with Crippen molar-refractivity contribution in [2.75, 3.05) is 0 Å². The van der Waals surface area contributed by atoms with Crippen molar-refractivity contribution in [2.24, 2.45) is 0 Å². The number of thioether (sulfide) groups is 1. The van der Waals surface area contributed by atoms with Gasteiger partial charge in [-0.2, -0.15) is 13.2 Å². The molecule has 1 aromatic rings. The second-order valence-electron chi connectivity index (χ2n) is 2.25. The van der Waals surface area contributed by atoms with Crippen LogP contribution in [0.15, 0.2) is 17.0 Å². The van der Waals surface area contributed by atoms with Crippen LogP contribution in [0.25, 0.3) is 0 Å². The molecule has 7 heteroatoms. The van der Waals surface area contributed by atoms with E-state index in [1.54, 1.807) is 0 Å². The van der Waals surface area contributed by atoms with Gasteiger partial charge in [0.1, 0.15) is 5.82 Å². The summed E-state index contributed by atoms with van der Waals surface area (Å²) in [5, 5.41) is -0.534. The van der Waals surface area contributed by atoms with Gasteiger partial charge < -0.3 is 0 Å². The summed E-state index contributed by atoms with van der Waals surface area (Å²) in [7, 11) is 0. The van der Waals surface area contributed by atoms with Crippen molar-refractivity contribution >= 4 is 35.0 Å². The van der Waals surface area contributed by atoms with Gasteiger partial charge in [0.25, 0.3) is 0 Å². The lowest BCUT2D eigenvalue weighted by molar-refractivity contribution is -0.0328. The SMILES string of the molecule is Fc1cc(Cl)c(Cl)c(SC(F)(F)F)c1. The average Bonchev–Trinajstić information content (AvgIpc) is 1.96. The van der Waals surface area contributed by atoms with Gasteiger partial charge in [-0.15, -0.1) is 0 Å². The summed E-state index contributed by atoms with van der Waals surface area (Å²) in [5.74, 6) is -0.855. The zero-order chi connectivity index (χ0) is 10.9. The highest BCUT2D eigenvalue weighted by atomic mass is 35.5. The van der Waals surface area contributed by atoms with Crippen molar-refractivity contribution in [3.8, 4) is 0 Å². The van der Waals surface area contributed by atoms with Crippen molar-refractivity contribution in [2.45, 2.75) is 10.4 Å². The van der Waals surface area contributed by atoms with Gasteiger partial charge in [0, 0.05) is 4.90 Å². The fourth-order valence-corrected chi connectivity index (χ4v) is 1.84. The molecule has 0 aliphatic heterocycles. The number of benzene rings is 1. The molecule has 0 heterocycles. The molecule has 0 aliphatic rings. The predicted octanol–water partition coefficient (Wildman–Crippen LogP) is 4.74. The van der Waals surface area contributed by atoms with Crippen LogP contribution in [0.3, 0.4) is 0 Å². The van der Waals surface area contributed by atoms with Gasteiger partial charge in [-0.25, -0.2) is 4.39 Å². The first kappa shape index (κ1) is 11.9. The first-order valence-corrected chi connectivity index (χ1v) is 4.77. The molecule has 0 saturated carbocycles. The Bertz CT molecular complexity index is 350. The monoisotopic (exact) mass is 264 g/mol. The first-order chi connectivity index (χ1) is 6.29. The fourth-order valence-electron chi connectivity index (χ4n) is 0.731. The van der Waals surface area contributed by atoms with E-state index in [9.17, 15) is 17.6 Å². The Kier molecular flexibility index (Phi) is 3.55. The maximum absolute atomic E-state index is 12.7. The maximum atomic E-state index is 12.7. The van der Waals surface area contributed by atoms with Crippen LogP contribution in [0, 0.1) is 5.82 Å². The van der Waals surface area contributed by atoms with Gasteiger partial charge in [-0.3, -0.25) is 0 Å². The standard InChI is InChI=1S/C7H2Cl2F4S/c8-4-1-3(10)2-5(6(4)9)14-7(11,12)13/h1-2H. The highest BCUT2D eigenvalue weighted by Crippen LogP contribution is 2.42. The normalized spacial score (nSPS) is 11.9. The van der Waals surface area contributed by atoms with Gasteiger partial charge in [0.15, 0.2) is 0 Å². The molecule has 0 radical (unpaired) electrons. The van der Waals surface area contributed by atoms with Gasteiger partial charge in [-0.1, -0.05) is 23.2 Å². The first-order valence-electron chi connectivity index (χ1n) is 3.20. The van der Waals surface area contributed by atoms with Crippen molar-refractivity contribution in [1.82, 2.24) is 0 Å². The van der Waals surface area contributed by atoms with Crippen LogP contribution in [-0.2, 0) is 0 Å². The van der Waals surface area contributed by atoms with Crippen LogP contribution in [0.1, 0.15) is 0 Å². The van der Waals surface area contributed by atoms with Crippen LogP contribution in [0.2, 0.25) is 10.0 Å². The minimum Gasteiger partial charge on any atom is -0.207 e. The third-order valence-electron chi connectivity index (χ3n) is 1.19. The molecule has 0 aromatic heterocycles. The molecule has 0 N–H and O–H groups in total. The van der Waals surface area contributed by atoms with Gasteiger partial charge >= 0.3 is 5.51 Å². The summed E-state index contributed by atoms with van der Waals surface area (Å²) in [5.41, 5.74) is -4.51. The number of alkyl halides is 3. The summed E-state index contributed by atoms with van der Waals surface area (Å²) < 4.78 is 48.4. The lowest BCUT2D eigenvalue weighted by atomic mass is 10.3. The molecule has 78 valence electrons. The Morgan fingerprint density at radius 3 is 2.21 bits per heavy atom. The average molecular weight is 265 g/mol. The number of hydrogen-bond donors (Lipinski definition) is 0. The van der Waals surface area contributed by atoms with Crippen LogP contribution >= 0.6 is 35.0 Å². The van der Waals surface area contributed by atoms with Crippen molar-refractivity contribution in [1.29, 1.82) is 0 Å². The molecule has 0 aliphatic carbocycles. The maximum Gasteiger partial charge on any atom is 0.446 e. The lowest BCUT2D eigenvalue weighted by Crippen LogP contribution is -1.99. The third kappa shape index (κ3) is 3.22. The summed E-state index contributed by atoms with van der Waals surface area (Å²) >= 11 is 10.3. The minimum absolute atomic E-state index is 0.238. The molecular formula is C7H2Cl2F4S. The largest absolute Gasteiger partial charge is 0.446 e. The zero-order valence-electron chi connectivity index (χ0n) is 6.33. The quantitative estimate of drug-likeness (QED) is 0.401. The van der Waals surface area contributed by atoms with Crippen molar-refractivity contribution in [3.63, 3.8) is 0 Å². The van der Waals surface area contributed by atoms with Gasteiger partial charge in [0.2, 0.25) is 0 Å². The fraction of sp³-hybridized carbons (Fsp3) is 0.143. The van der Waals surface area contributed by atoms with E-state index in [-0.39, 0.29) is 10.0 Å². The second-order valence-corrected chi connectivity index (χ2v) is 4.14. The van der Waals surface area contributed by atoms with Crippen LogP contribution in [-0.4, -0.2) is 5.51 Å². The summed E-state index contributed by atoms with van der Waals surface area (Å²) in [6.07, 6.45) is 0. The molecule has 0 unspecified atom stereocenters. The molecule has 1 aromatic carbocycles. The van der Waals surface area contributed by atoms with E-state index in [4.69, 9.17) is 23.2 Å². The van der Waals surface area contributed by atoms with E-state index < -0.39 is 28.0 Å². The van der Waals surface area contributed by atoms with Crippen LogP contribution in [0.4, 0.5) is 17.6 Å². The summed E-state index contributed by atoms with van der Waals surface area (Å²) in [6, 6.07) is 1.54. The molecule has 0 atom stereocenters. The van der Waals surface area contributed by atoms with E-state index in [1.165, 1.54) is 0 Å². The molecule has 0 spiro atoms. The minimum atomic E-state index is -4.51. The Hall–Kier alpha value is -0.130. The van der Waals surface area contributed by atoms with Crippen molar-refractivity contribution < 1.29 is 17.6 Å². The molecule has 14 heavy (non-hydrogen) atoms. The van der Waals surface area contributed by atoms with E-state index in [2.05, 4.69) is 0 Å². The van der Waals surface area contributed by atoms with E-state index in [0.29, 0.717) is 6.07 Å². The van der Waals surface area contributed by atoms with Crippen molar-refractivity contribution in [3.05, 3.63) is 28.0 Å². The Morgan fingerprint density at radius 2 is 1.71 bits per heavy atom. The highest BCUT2D eigenvalue weighted by Gasteiger charge is 2.31. The molecule has 1 rings (SSSR count). The Balaban J connectivity index is 3.09. The smallest absolute Gasteiger partial charge is 0.207 e. The molecular weight excluding hydrogens is 263 g/mol. The molecule has 0 bridgehead atoms. The van der Waals surface area contributed by atoms with E-state index in [0.717, 1.165) is 6.07 Å². The lowest BCUT2D eigenvalue weighted by Gasteiger charge is -2.08. The topological polar surface area (TPSA) is 0 Å². The molecule has 0 saturated heterocycles. The third-order valence-corrected chi connectivity index (χ3v) is 2.87. The molecule has 0 amide bonds. The predicted molar refractivity (Wildman–Crippen MR) is 48.3 cm³/mol. The number of halogens is 6. The van der Waals surface area contributed by atoms with E-state index in [1.807, 2.05) is 0 Å². The number of hydrogen-bond acceptors (Lipinski definition) is 1. The van der Waals surface area contributed by atoms with Crippen LogP contribution < -0.4 is 0 Å². The summed E-state index contributed by atoms with van der Waals surface area (Å²) in [6.45, 7) is 0. The highest BCUT2D eigenvalue weighted by molar-refractivity contribution is 8.00.